The molecule has 0 aromatic heterocycles. The Labute approximate surface area is 114 Å². The van der Waals surface area contributed by atoms with Gasteiger partial charge in [0.15, 0.2) is 6.79 Å². The van der Waals surface area contributed by atoms with Crippen LogP contribution in [0.3, 0.4) is 0 Å². The van der Waals surface area contributed by atoms with E-state index in [1.165, 1.54) is 0 Å². The Bertz CT molecular complexity index is 374. The predicted octanol–water partition coefficient (Wildman–Crippen LogP) is 2.59. The first-order valence-corrected chi connectivity index (χ1v) is 6.78. The number of hydrogen-bond donors (Lipinski definition) is 0. The number of esters is 1. The van der Waals surface area contributed by atoms with Crippen LogP contribution in [0.5, 0.6) is 0 Å². The van der Waals surface area contributed by atoms with Crippen molar-refractivity contribution in [2.75, 3.05) is 13.4 Å². The average Bonchev–Trinajstić information content (AvgIpc) is 3.12. The van der Waals surface area contributed by atoms with Gasteiger partial charge < -0.3 is 14.2 Å². The van der Waals surface area contributed by atoms with E-state index in [2.05, 4.69) is 13.2 Å². The van der Waals surface area contributed by atoms with Crippen LogP contribution >= 0.6 is 0 Å². The van der Waals surface area contributed by atoms with Gasteiger partial charge in [0.05, 0.1) is 18.8 Å². The highest BCUT2D eigenvalue weighted by atomic mass is 16.7. The Kier molecular flexibility index (Phi) is 4.77. The lowest BCUT2D eigenvalue weighted by Crippen LogP contribution is -2.17. The van der Waals surface area contributed by atoms with Gasteiger partial charge in [0.2, 0.25) is 0 Å². The molecule has 19 heavy (non-hydrogen) atoms. The molecule has 0 aromatic rings. The SMILES string of the molecule is C=C(C)COCOC(=O)C(=C)CC1CCC2OC2C1. The number of epoxide rings is 1. The lowest BCUT2D eigenvalue weighted by Gasteiger charge is -2.19. The second kappa shape index (κ2) is 6.35. The van der Waals surface area contributed by atoms with Gasteiger partial charge >= 0.3 is 5.97 Å². The molecule has 0 spiro atoms. The highest BCUT2D eigenvalue weighted by molar-refractivity contribution is 5.87. The van der Waals surface area contributed by atoms with Crippen LogP contribution in [0.4, 0.5) is 0 Å². The van der Waals surface area contributed by atoms with Crippen molar-refractivity contribution in [2.24, 2.45) is 5.92 Å². The van der Waals surface area contributed by atoms with Crippen molar-refractivity contribution in [2.45, 2.75) is 44.8 Å². The quantitative estimate of drug-likeness (QED) is 0.177. The molecule has 1 saturated heterocycles. The molecule has 3 unspecified atom stereocenters. The van der Waals surface area contributed by atoms with Gasteiger partial charge in [-0.25, -0.2) is 4.79 Å². The smallest absolute Gasteiger partial charge is 0.335 e. The number of fused-ring (bicyclic) bond motifs is 1. The second-order valence-electron chi connectivity index (χ2n) is 5.55. The van der Waals surface area contributed by atoms with Gasteiger partial charge in [-0.3, -0.25) is 0 Å². The second-order valence-corrected chi connectivity index (χ2v) is 5.55. The molecule has 2 fully saturated rings. The minimum atomic E-state index is -0.361. The molecule has 0 amide bonds. The molecule has 1 saturated carbocycles. The number of carbonyl (C=O) groups excluding carboxylic acids is 1. The summed E-state index contributed by atoms with van der Waals surface area (Å²) in [6.45, 7) is 9.74. The first-order valence-electron chi connectivity index (χ1n) is 6.78. The molecular formula is C15H22O4. The summed E-state index contributed by atoms with van der Waals surface area (Å²) in [5, 5.41) is 0. The molecule has 4 heteroatoms. The molecule has 3 atom stereocenters. The van der Waals surface area contributed by atoms with E-state index in [0.29, 0.717) is 36.7 Å². The van der Waals surface area contributed by atoms with Gasteiger partial charge in [-0.15, -0.1) is 0 Å². The Morgan fingerprint density at radius 1 is 1.32 bits per heavy atom. The molecule has 2 aliphatic rings. The molecule has 1 aliphatic heterocycles. The summed E-state index contributed by atoms with van der Waals surface area (Å²) in [6, 6.07) is 0. The summed E-state index contributed by atoms with van der Waals surface area (Å²) >= 11 is 0. The largest absolute Gasteiger partial charge is 0.435 e. The van der Waals surface area contributed by atoms with Crippen molar-refractivity contribution >= 4 is 5.97 Å². The van der Waals surface area contributed by atoms with Crippen LogP contribution in [0.2, 0.25) is 0 Å². The van der Waals surface area contributed by atoms with Crippen LogP contribution in [-0.2, 0) is 19.0 Å². The number of carbonyl (C=O) groups is 1. The van der Waals surface area contributed by atoms with E-state index in [0.717, 1.165) is 24.8 Å². The van der Waals surface area contributed by atoms with Crippen LogP contribution in [0, 0.1) is 5.92 Å². The third-order valence-corrected chi connectivity index (χ3v) is 3.56. The Morgan fingerprint density at radius 3 is 2.79 bits per heavy atom. The molecule has 4 nitrogen and oxygen atoms in total. The zero-order chi connectivity index (χ0) is 13.8. The van der Waals surface area contributed by atoms with Gasteiger partial charge in [0, 0.05) is 5.57 Å². The molecule has 0 radical (unpaired) electrons. The van der Waals surface area contributed by atoms with Crippen molar-refractivity contribution in [3.05, 3.63) is 24.3 Å². The van der Waals surface area contributed by atoms with Crippen molar-refractivity contribution in [3.8, 4) is 0 Å². The number of hydrogen-bond acceptors (Lipinski definition) is 4. The third kappa shape index (κ3) is 4.48. The molecule has 0 N–H and O–H groups in total. The molecule has 1 aliphatic carbocycles. The first kappa shape index (κ1) is 14.3. The van der Waals surface area contributed by atoms with Crippen LogP contribution in [-0.4, -0.2) is 31.6 Å². The van der Waals surface area contributed by atoms with Crippen LogP contribution in [0.25, 0.3) is 0 Å². The van der Waals surface area contributed by atoms with Crippen molar-refractivity contribution in [3.63, 3.8) is 0 Å². The Balaban J connectivity index is 1.61. The van der Waals surface area contributed by atoms with E-state index >= 15 is 0 Å². The predicted molar refractivity (Wildman–Crippen MR) is 71.5 cm³/mol. The fourth-order valence-corrected chi connectivity index (χ4v) is 2.52. The van der Waals surface area contributed by atoms with Gasteiger partial charge in [-0.2, -0.15) is 0 Å². The normalized spacial score (nSPS) is 28.4. The van der Waals surface area contributed by atoms with Crippen LogP contribution in [0.1, 0.15) is 32.6 Å². The topological polar surface area (TPSA) is 48.1 Å². The molecule has 0 bridgehead atoms. The fraction of sp³-hybridized carbons (Fsp3) is 0.667. The monoisotopic (exact) mass is 266 g/mol. The zero-order valence-corrected chi connectivity index (χ0v) is 11.5. The summed E-state index contributed by atoms with van der Waals surface area (Å²) < 4.78 is 15.6. The minimum Gasteiger partial charge on any atom is -0.435 e. The van der Waals surface area contributed by atoms with Gasteiger partial charge in [0.1, 0.15) is 0 Å². The van der Waals surface area contributed by atoms with Gasteiger partial charge in [-0.05, 0) is 38.5 Å². The van der Waals surface area contributed by atoms with Crippen molar-refractivity contribution < 1.29 is 19.0 Å². The summed E-state index contributed by atoms with van der Waals surface area (Å²) in [7, 11) is 0. The number of rotatable bonds is 7. The highest BCUT2D eigenvalue weighted by Gasteiger charge is 2.43. The van der Waals surface area contributed by atoms with E-state index in [1.54, 1.807) is 0 Å². The number of ether oxygens (including phenoxy) is 3. The molecule has 0 aromatic carbocycles. The summed E-state index contributed by atoms with van der Waals surface area (Å²) in [5.74, 6) is 0.140. The lowest BCUT2D eigenvalue weighted by molar-refractivity contribution is -0.151. The van der Waals surface area contributed by atoms with Crippen LogP contribution < -0.4 is 0 Å². The maximum Gasteiger partial charge on any atom is 0.335 e. The fourth-order valence-electron chi connectivity index (χ4n) is 2.52. The van der Waals surface area contributed by atoms with E-state index in [-0.39, 0.29) is 12.8 Å². The third-order valence-electron chi connectivity index (χ3n) is 3.56. The maximum atomic E-state index is 11.7. The highest BCUT2D eigenvalue weighted by Crippen LogP contribution is 2.41. The Hall–Kier alpha value is -1.13. The first-order chi connectivity index (χ1) is 9.06. The van der Waals surface area contributed by atoms with Crippen LogP contribution in [0.15, 0.2) is 24.3 Å². The maximum absolute atomic E-state index is 11.7. The minimum absolute atomic E-state index is 0.0385. The van der Waals surface area contributed by atoms with E-state index < -0.39 is 0 Å². The van der Waals surface area contributed by atoms with Gasteiger partial charge in [0.25, 0.3) is 0 Å². The molecular weight excluding hydrogens is 244 g/mol. The molecule has 2 rings (SSSR count). The van der Waals surface area contributed by atoms with Crippen molar-refractivity contribution in [1.29, 1.82) is 0 Å². The average molecular weight is 266 g/mol. The zero-order valence-electron chi connectivity index (χ0n) is 11.5. The van der Waals surface area contributed by atoms with E-state index in [1.807, 2.05) is 6.92 Å². The van der Waals surface area contributed by atoms with Gasteiger partial charge in [-0.1, -0.05) is 18.7 Å². The molecule has 1 heterocycles. The van der Waals surface area contributed by atoms with E-state index in [4.69, 9.17) is 14.2 Å². The standard InChI is InChI=1S/C15H22O4/c1-10(2)8-17-9-18-15(16)11(3)6-12-4-5-13-14(7-12)19-13/h12-14H,1,3-9H2,2H3. The van der Waals surface area contributed by atoms with Crippen molar-refractivity contribution in [1.82, 2.24) is 0 Å². The lowest BCUT2D eigenvalue weighted by atomic mass is 9.85. The summed E-state index contributed by atoms with van der Waals surface area (Å²) in [5.41, 5.74) is 1.43. The van der Waals surface area contributed by atoms with E-state index in [9.17, 15) is 4.79 Å². The Morgan fingerprint density at radius 2 is 2.11 bits per heavy atom. The molecule has 106 valence electrons. The summed E-state index contributed by atoms with van der Waals surface area (Å²) in [4.78, 5) is 11.7. The summed E-state index contributed by atoms with van der Waals surface area (Å²) in [6.07, 6.45) is 4.89.